The summed E-state index contributed by atoms with van der Waals surface area (Å²) in [4.78, 5) is 19.3. The number of ether oxygens (including phenoxy) is 1. The number of rotatable bonds is 8. The summed E-state index contributed by atoms with van der Waals surface area (Å²) in [6.45, 7) is 3.45. The third kappa shape index (κ3) is 7.44. The molecule has 1 saturated heterocycles. The summed E-state index contributed by atoms with van der Waals surface area (Å²) in [5.41, 5.74) is 0. The Bertz CT molecular complexity index is 647. The fourth-order valence-corrected chi connectivity index (χ4v) is 4.13. The van der Waals surface area contributed by atoms with Crippen LogP contribution in [0.4, 0.5) is 0 Å². The first-order valence-electron chi connectivity index (χ1n) is 9.60. The molecule has 2 N–H and O–H groups in total. The third-order valence-corrected chi connectivity index (χ3v) is 6.41. The van der Waals surface area contributed by atoms with Gasteiger partial charge in [0.1, 0.15) is 6.54 Å². The molecule has 1 aliphatic carbocycles. The van der Waals surface area contributed by atoms with Gasteiger partial charge in [-0.1, -0.05) is 18.2 Å². The molecule has 3 rings (SSSR count). The molecule has 2 aliphatic rings. The number of carbonyl (C=O) groups is 1. The van der Waals surface area contributed by atoms with Crippen molar-refractivity contribution >= 4 is 47.6 Å². The maximum Gasteiger partial charge on any atom is 0.243 e. The van der Waals surface area contributed by atoms with Gasteiger partial charge in [0.15, 0.2) is 5.96 Å². The van der Waals surface area contributed by atoms with Crippen molar-refractivity contribution in [2.75, 3.05) is 46.9 Å². The Morgan fingerprint density at radius 1 is 1.29 bits per heavy atom. The number of benzene rings is 1. The number of hydrogen-bond acceptors (Lipinski definition) is 4. The van der Waals surface area contributed by atoms with E-state index < -0.39 is 0 Å². The number of likely N-dealkylation sites (N-methyl/N-ethyl adjacent to an activating group) is 1. The zero-order valence-electron chi connectivity index (χ0n) is 16.6. The summed E-state index contributed by atoms with van der Waals surface area (Å²) in [6, 6.07) is 10.5. The Hall–Kier alpha value is -1.000. The molecule has 0 spiro atoms. The van der Waals surface area contributed by atoms with Gasteiger partial charge in [0.2, 0.25) is 5.91 Å². The van der Waals surface area contributed by atoms with Crippen molar-refractivity contribution in [3.05, 3.63) is 30.3 Å². The standard InChI is InChI=1S/C20H30N4O2S.HI/c1-24(2)18(25)13-22-19(21-12-16-8-11-26-14-16)23-15-20(9-10-20)27-17-6-4-3-5-7-17;/h3-7,16H,8-15H2,1-2H3,(H2,21,22,23);1H. The summed E-state index contributed by atoms with van der Waals surface area (Å²) in [5, 5.41) is 6.87. The lowest BCUT2D eigenvalue weighted by molar-refractivity contribution is -0.127. The Labute approximate surface area is 189 Å². The maximum atomic E-state index is 11.9. The molecule has 28 heavy (non-hydrogen) atoms. The Morgan fingerprint density at radius 3 is 2.64 bits per heavy atom. The molecule has 156 valence electrons. The van der Waals surface area contributed by atoms with Gasteiger partial charge in [-0.15, -0.1) is 35.7 Å². The molecule has 1 saturated carbocycles. The number of nitrogens with zero attached hydrogens (tertiary/aromatic N) is 2. The van der Waals surface area contributed by atoms with Crippen LogP contribution >= 0.6 is 35.7 Å². The second kappa shape index (κ2) is 11.3. The highest BCUT2D eigenvalue weighted by molar-refractivity contribution is 14.0. The van der Waals surface area contributed by atoms with Crippen LogP contribution in [-0.4, -0.2) is 68.5 Å². The van der Waals surface area contributed by atoms with Crippen LogP contribution in [0.15, 0.2) is 40.2 Å². The molecular weight excluding hydrogens is 487 g/mol. The number of amides is 1. The van der Waals surface area contributed by atoms with E-state index in [0.29, 0.717) is 5.92 Å². The van der Waals surface area contributed by atoms with Gasteiger partial charge in [0.05, 0.1) is 6.61 Å². The van der Waals surface area contributed by atoms with Gasteiger partial charge < -0.3 is 20.3 Å². The van der Waals surface area contributed by atoms with E-state index in [9.17, 15) is 4.79 Å². The van der Waals surface area contributed by atoms with E-state index >= 15 is 0 Å². The first-order chi connectivity index (χ1) is 13.1. The highest BCUT2D eigenvalue weighted by atomic mass is 127. The molecule has 2 fully saturated rings. The van der Waals surface area contributed by atoms with Crippen molar-refractivity contribution < 1.29 is 9.53 Å². The van der Waals surface area contributed by atoms with Crippen LogP contribution in [0.25, 0.3) is 0 Å². The number of carbonyl (C=O) groups excluding carboxylic acids is 1. The lowest BCUT2D eigenvalue weighted by Gasteiger charge is -2.20. The third-order valence-electron chi connectivity index (χ3n) is 4.92. The minimum atomic E-state index is 0. The van der Waals surface area contributed by atoms with E-state index in [1.165, 1.54) is 17.7 Å². The smallest absolute Gasteiger partial charge is 0.243 e. The Balaban J connectivity index is 0.00000280. The molecule has 1 heterocycles. The van der Waals surface area contributed by atoms with Crippen molar-refractivity contribution in [3.8, 4) is 0 Å². The molecule has 1 aliphatic heterocycles. The van der Waals surface area contributed by atoms with Crippen molar-refractivity contribution in [2.45, 2.75) is 28.9 Å². The average molecular weight is 518 g/mol. The van der Waals surface area contributed by atoms with Crippen molar-refractivity contribution in [1.82, 2.24) is 15.5 Å². The van der Waals surface area contributed by atoms with Gasteiger partial charge in [0, 0.05) is 49.4 Å². The minimum Gasteiger partial charge on any atom is -0.381 e. The first-order valence-corrected chi connectivity index (χ1v) is 10.4. The molecule has 6 nitrogen and oxygen atoms in total. The van der Waals surface area contributed by atoms with Crippen LogP contribution in [-0.2, 0) is 9.53 Å². The van der Waals surface area contributed by atoms with Crippen molar-refractivity contribution in [1.29, 1.82) is 0 Å². The molecule has 0 bridgehead atoms. The van der Waals surface area contributed by atoms with Crippen LogP contribution < -0.4 is 10.6 Å². The lowest BCUT2D eigenvalue weighted by atomic mass is 10.1. The fraction of sp³-hybridized carbons (Fsp3) is 0.600. The minimum absolute atomic E-state index is 0. The van der Waals surface area contributed by atoms with Gasteiger partial charge in [-0.05, 0) is 31.4 Å². The van der Waals surface area contributed by atoms with Gasteiger partial charge in [-0.3, -0.25) is 4.79 Å². The van der Waals surface area contributed by atoms with E-state index in [-0.39, 0.29) is 41.2 Å². The van der Waals surface area contributed by atoms with E-state index in [2.05, 4.69) is 39.9 Å². The maximum absolute atomic E-state index is 11.9. The number of guanidine groups is 1. The largest absolute Gasteiger partial charge is 0.381 e. The van der Waals surface area contributed by atoms with Crippen molar-refractivity contribution in [3.63, 3.8) is 0 Å². The number of nitrogens with one attached hydrogen (secondary N) is 2. The highest BCUT2D eigenvalue weighted by Gasteiger charge is 2.43. The predicted molar refractivity (Wildman–Crippen MR) is 126 cm³/mol. The van der Waals surface area contributed by atoms with Gasteiger partial charge in [-0.2, -0.15) is 0 Å². The SMILES string of the molecule is CN(C)C(=O)CN=C(NCC1CCOC1)NCC1(Sc2ccccc2)CC1.I. The van der Waals surface area contributed by atoms with Crippen LogP contribution in [0, 0.1) is 5.92 Å². The summed E-state index contributed by atoms with van der Waals surface area (Å²) < 4.78 is 5.67. The quantitative estimate of drug-likeness (QED) is 0.315. The van der Waals surface area contributed by atoms with Gasteiger partial charge in [-0.25, -0.2) is 4.99 Å². The molecule has 0 aromatic heterocycles. The molecule has 0 radical (unpaired) electrons. The monoisotopic (exact) mass is 518 g/mol. The molecule has 1 aromatic rings. The molecule has 8 heteroatoms. The number of hydrogen-bond donors (Lipinski definition) is 2. The van der Waals surface area contributed by atoms with Crippen LogP contribution in [0.1, 0.15) is 19.3 Å². The van der Waals surface area contributed by atoms with Gasteiger partial charge in [0.25, 0.3) is 0 Å². The van der Waals surface area contributed by atoms with E-state index in [0.717, 1.165) is 38.7 Å². The Kier molecular flexibility index (Phi) is 9.36. The fourth-order valence-electron chi connectivity index (χ4n) is 2.89. The van der Waals surface area contributed by atoms with Crippen LogP contribution in [0.3, 0.4) is 0 Å². The zero-order chi connectivity index (χ0) is 19.1. The Morgan fingerprint density at radius 2 is 2.04 bits per heavy atom. The lowest BCUT2D eigenvalue weighted by Crippen LogP contribution is -2.43. The summed E-state index contributed by atoms with van der Waals surface area (Å²) >= 11 is 1.93. The van der Waals surface area contributed by atoms with E-state index in [1.54, 1.807) is 19.0 Å². The van der Waals surface area contributed by atoms with E-state index in [1.807, 2.05) is 17.8 Å². The normalized spacial score (nSPS) is 20.2. The number of thioether (sulfide) groups is 1. The van der Waals surface area contributed by atoms with Crippen LogP contribution in [0.2, 0.25) is 0 Å². The highest BCUT2D eigenvalue weighted by Crippen LogP contribution is 2.51. The summed E-state index contributed by atoms with van der Waals surface area (Å²) in [5.74, 6) is 1.23. The second-order valence-electron chi connectivity index (χ2n) is 7.52. The summed E-state index contributed by atoms with van der Waals surface area (Å²) in [6.07, 6.45) is 3.46. The molecular formula is C20H31IN4O2S. The molecule has 1 atom stereocenters. The molecule has 1 aromatic carbocycles. The molecule has 1 unspecified atom stereocenters. The van der Waals surface area contributed by atoms with Crippen molar-refractivity contribution in [2.24, 2.45) is 10.9 Å². The number of aliphatic imine (C=N–C) groups is 1. The number of halogens is 1. The van der Waals surface area contributed by atoms with Gasteiger partial charge >= 0.3 is 0 Å². The summed E-state index contributed by atoms with van der Waals surface area (Å²) in [7, 11) is 3.51. The zero-order valence-corrected chi connectivity index (χ0v) is 19.8. The average Bonchev–Trinajstić information content (AvgIpc) is 3.22. The second-order valence-corrected chi connectivity index (χ2v) is 9.06. The molecule has 1 amide bonds. The van der Waals surface area contributed by atoms with Crippen LogP contribution in [0.5, 0.6) is 0 Å². The van der Waals surface area contributed by atoms with E-state index in [4.69, 9.17) is 4.74 Å². The topological polar surface area (TPSA) is 66.0 Å². The predicted octanol–water partition coefficient (Wildman–Crippen LogP) is 2.59. The first kappa shape index (κ1) is 23.3.